The van der Waals surface area contributed by atoms with E-state index in [1.807, 2.05) is 29.2 Å². The van der Waals surface area contributed by atoms with Gasteiger partial charge < -0.3 is 19.9 Å². The molecule has 5 rings (SSSR count). The molecule has 0 atom stereocenters. The number of piperazine rings is 1. The van der Waals surface area contributed by atoms with E-state index in [-0.39, 0.29) is 48.1 Å². The molecule has 2 amide bonds. The predicted molar refractivity (Wildman–Crippen MR) is 142 cm³/mol. The van der Waals surface area contributed by atoms with Gasteiger partial charge >= 0.3 is 0 Å². The van der Waals surface area contributed by atoms with Crippen LogP contribution in [-0.2, 0) is 19.6 Å². The van der Waals surface area contributed by atoms with Gasteiger partial charge in [-0.15, -0.1) is 0 Å². The van der Waals surface area contributed by atoms with E-state index < -0.39 is 10.0 Å². The molecule has 38 heavy (non-hydrogen) atoms. The number of carbonyl (C=O) groups is 3. The Hall–Kier alpha value is -3.44. The van der Waals surface area contributed by atoms with Gasteiger partial charge in [0.1, 0.15) is 5.75 Å². The second kappa shape index (κ2) is 10.4. The molecule has 2 fully saturated rings. The molecule has 0 radical (unpaired) electrons. The standard InChI is InChI=1S/C27H32N4O6S/c1-18-15-23-24(37-17-26(33)28-23)16-25(18)38(35,36)31-9-7-21(8-10-31)27(34)30-13-11-29(12-14-30)22-5-3-20(4-6-22)19(2)32/h3-6,15-16,21H,7-14,17H2,1-2H3,(H,28,33). The van der Waals surface area contributed by atoms with Gasteiger partial charge in [-0.1, -0.05) is 0 Å². The minimum absolute atomic E-state index is 0.0349. The average Bonchev–Trinajstić information content (AvgIpc) is 2.92. The Bertz CT molecular complexity index is 1360. The second-order valence-electron chi connectivity index (χ2n) is 10.0. The zero-order chi connectivity index (χ0) is 27.0. The summed E-state index contributed by atoms with van der Waals surface area (Å²) >= 11 is 0. The van der Waals surface area contributed by atoms with Gasteiger partial charge in [0.15, 0.2) is 12.4 Å². The zero-order valence-electron chi connectivity index (χ0n) is 21.6. The summed E-state index contributed by atoms with van der Waals surface area (Å²) in [5.74, 6) is -0.0156. The normalized spacial score (nSPS) is 18.9. The third kappa shape index (κ3) is 5.12. The Kier molecular flexibility index (Phi) is 7.15. The van der Waals surface area contributed by atoms with Crippen LogP contribution in [0.15, 0.2) is 41.3 Å². The molecule has 0 bridgehead atoms. The first-order valence-electron chi connectivity index (χ1n) is 12.9. The molecule has 3 aliphatic rings. The lowest BCUT2D eigenvalue weighted by Gasteiger charge is -2.39. The number of Topliss-reactive ketones (excluding diaryl/α,β-unsaturated/α-hetero) is 1. The lowest BCUT2D eigenvalue weighted by atomic mass is 9.96. The Labute approximate surface area is 222 Å². The van der Waals surface area contributed by atoms with Crippen molar-refractivity contribution in [1.82, 2.24) is 9.21 Å². The SMILES string of the molecule is CC(=O)c1ccc(N2CCN(C(=O)C3CCN(S(=O)(=O)c4cc5c(cc4C)NC(=O)CO5)CC3)CC2)cc1. The number of hydrogen-bond donors (Lipinski definition) is 1. The summed E-state index contributed by atoms with van der Waals surface area (Å²) in [4.78, 5) is 40.6. The van der Waals surface area contributed by atoms with E-state index in [9.17, 15) is 22.8 Å². The highest BCUT2D eigenvalue weighted by molar-refractivity contribution is 7.89. The van der Waals surface area contributed by atoms with Crippen LogP contribution in [0.5, 0.6) is 5.75 Å². The van der Waals surface area contributed by atoms with Crippen molar-refractivity contribution in [2.75, 3.05) is 56.1 Å². The van der Waals surface area contributed by atoms with Crippen LogP contribution in [0.1, 0.15) is 35.7 Å². The molecular weight excluding hydrogens is 508 g/mol. The van der Waals surface area contributed by atoms with E-state index in [0.717, 1.165) is 5.69 Å². The number of piperidine rings is 1. The van der Waals surface area contributed by atoms with Gasteiger partial charge in [-0.25, -0.2) is 8.42 Å². The van der Waals surface area contributed by atoms with E-state index in [2.05, 4.69) is 10.2 Å². The monoisotopic (exact) mass is 540 g/mol. The fourth-order valence-corrected chi connectivity index (χ4v) is 7.02. The molecule has 2 saturated heterocycles. The van der Waals surface area contributed by atoms with Gasteiger partial charge in [-0.2, -0.15) is 4.31 Å². The van der Waals surface area contributed by atoms with Gasteiger partial charge in [-0.05, 0) is 62.6 Å². The van der Waals surface area contributed by atoms with Crippen molar-refractivity contribution in [3.8, 4) is 5.75 Å². The molecule has 0 unspecified atom stereocenters. The van der Waals surface area contributed by atoms with Crippen molar-refractivity contribution in [1.29, 1.82) is 0 Å². The summed E-state index contributed by atoms with van der Waals surface area (Å²) < 4.78 is 33.7. The fraction of sp³-hybridized carbons (Fsp3) is 0.444. The lowest BCUT2D eigenvalue weighted by Crippen LogP contribution is -2.52. The first kappa shape index (κ1) is 26.2. The molecule has 1 N–H and O–H groups in total. The van der Waals surface area contributed by atoms with Crippen molar-refractivity contribution in [3.05, 3.63) is 47.5 Å². The number of nitrogens with one attached hydrogen (secondary N) is 1. The van der Waals surface area contributed by atoms with Crippen molar-refractivity contribution in [2.45, 2.75) is 31.6 Å². The predicted octanol–water partition coefficient (Wildman–Crippen LogP) is 2.28. The van der Waals surface area contributed by atoms with Crippen LogP contribution in [-0.4, -0.2) is 81.1 Å². The lowest BCUT2D eigenvalue weighted by molar-refractivity contribution is -0.137. The van der Waals surface area contributed by atoms with Gasteiger partial charge in [0.2, 0.25) is 15.9 Å². The van der Waals surface area contributed by atoms with Crippen LogP contribution in [0.25, 0.3) is 0 Å². The van der Waals surface area contributed by atoms with Crippen LogP contribution >= 0.6 is 0 Å². The Morgan fingerprint density at radius 1 is 0.974 bits per heavy atom. The maximum Gasteiger partial charge on any atom is 0.262 e. The second-order valence-corrected chi connectivity index (χ2v) is 12.0. The number of ether oxygens (including phenoxy) is 1. The Morgan fingerprint density at radius 3 is 2.26 bits per heavy atom. The summed E-state index contributed by atoms with van der Waals surface area (Å²) in [5.41, 5.74) is 2.71. The number of nitrogens with zero attached hydrogens (tertiary/aromatic N) is 3. The average molecular weight is 541 g/mol. The Balaban J connectivity index is 1.17. The highest BCUT2D eigenvalue weighted by Crippen LogP contribution is 2.35. The minimum atomic E-state index is -3.77. The Morgan fingerprint density at radius 2 is 1.63 bits per heavy atom. The molecule has 10 nitrogen and oxygen atoms in total. The van der Waals surface area contributed by atoms with Crippen LogP contribution in [0.4, 0.5) is 11.4 Å². The van der Waals surface area contributed by atoms with E-state index in [1.165, 1.54) is 10.4 Å². The summed E-state index contributed by atoms with van der Waals surface area (Å²) in [6.45, 7) is 6.27. The van der Waals surface area contributed by atoms with E-state index in [0.29, 0.717) is 61.6 Å². The zero-order valence-corrected chi connectivity index (χ0v) is 22.4. The van der Waals surface area contributed by atoms with Crippen molar-refractivity contribution in [3.63, 3.8) is 0 Å². The van der Waals surface area contributed by atoms with Gasteiger partial charge in [0.05, 0.1) is 10.6 Å². The molecular formula is C27H32N4O6S. The molecule has 2 aromatic carbocycles. The number of aryl methyl sites for hydroxylation is 1. The minimum Gasteiger partial charge on any atom is -0.482 e. The summed E-state index contributed by atoms with van der Waals surface area (Å²) in [6, 6.07) is 10.6. The van der Waals surface area contributed by atoms with E-state index >= 15 is 0 Å². The summed E-state index contributed by atoms with van der Waals surface area (Å²) in [5, 5.41) is 2.70. The van der Waals surface area contributed by atoms with Gasteiger partial charge in [-0.3, -0.25) is 14.4 Å². The molecule has 11 heteroatoms. The molecule has 3 heterocycles. The topological polar surface area (TPSA) is 116 Å². The molecule has 0 saturated carbocycles. The van der Waals surface area contributed by atoms with Gasteiger partial charge in [0.25, 0.3) is 5.91 Å². The van der Waals surface area contributed by atoms with Crippen LogP contribution in [0.3, 0.4) is 0 Å². The quantitative estimate of drug-likeness (QED) is 0.579. The van der Waals surface area contributed by atoms with Crippen molar-refractivity contribution >= 4 is 39.0 Å². The highest BCUT2D eigenvalue weighted by atomic mass is 32.2. The first-order valence-corrected chi connectivity index (χ1v) is 14.3. The number of hydrogen-bond acceptors (Lipinski definition) is 7. The number of sulfonamides is 1. The molecule has 0 aromatic heterocycles. The number of benzene rings is 2. The number of fused-ring (bicyclic) bond motifs is 1. The van der Waals surface area contributed by atoms with Gasteiger partial charge in [0, 0.05) is 62.5 Å². The number of amides is 2. The maximum atomic E-state index is 13.4. The van der Waals surface area contributed by atoms with Crippen molar-refractivity contribution < 1.29 is 27.5 Å². The largest absolute Gasteiger partial charge is 0.482 e. The fourth-order valence-electron chi connectivity index (χ4n) is 5.33. The molecule has 2 aromatic rings. The summed E-state index contributed by atoms with van der Waals surface area (Å²) in [6.07, 6.45) is 0.947. The molecule has 0 spiro atoms. The van der Waals surface area contributed by atoms with Crippen molar-refractivity contribution in [2.24, 2.45) is 5.92 Å². The molecule has 202 valence electrons. The van der Waals surface area contributed by atoms with Crippen LogP contribution < -0.4 is 15.0 Å². The van der Waals surface area contributed by atoms with Crippen LogP contribution in [0.2, 0.25) is 0 Å². The third-order valence-electron chi connectivity index (χ3n) is 7.56. The van der Waals surface area contributed by atoms with E-state index in [1.54, 1.807) is 19.9 Å². The molecule has 3 aliphatic heterocycles. The first-order chi connectivity index (χ1) is 18.1. The van der Waals surface area contributed by atoms with E-state index in [4.69, 9.17) is 4.74 Å². The third-order valence-corrected chi connectivity index (χ3v) is 9.60. The summed E-state index contributed by atoms with van der Waals surface area (Å²) in [7, 11) is -3.77. The maximum absolute atomic E-state index is 13.4. The smallest absolute Gasteiger partial charge is 0.262 e. The highest BCUT2D eigenvalue weighted by Gasteiger charge is 2.36. The number of ketones is 1. The van der Waals surface area contributed by atoms with Crippen LogP contribution in [0, 0.1) is 12.8 Å². The number of carbonyl (C=O) groups excluding carboxylic acids is 3. The molecule has 0 aliphatic carbocycles. The number of rotatable bonds is 5. The number of anilines is 2.